The van der Waals surface area contributed by atoms with Crippen molar-refractivity contribution in [2.75, 3.05) is 13.1 Å². The number of hydrogen-bond acceptors (Lipinski definition) is 4. The Labute approximate surface area is 171 Å². The quantitative estimate of drug-likeness (QED) is 0.713. The number of piperidine rings is 1. The molecule has 2 heterocycles. The Morgan fingerprint density at radius 1 is 1.17 bits per heavy atom. The minimum Gasteiger partial charge on any atom is -0.385 e. The molecule has 1 aromatic heterocycles. The van der Waals surface area contributed by atoms with Crippen molar-refractivity contribution in [1.82, 2.24) is 14.5 Å². The van der Waals surface area contributed by atoms with Crippen LogP contribution in [0.3, 0.4) is 0 Å². The van der Waals surface area contributed by atoms with Gasteiger partial charge in [0.2, 0.25) is 5.91 Å². The molecule has 0 bridgehead atoms. The highest BCUT2D eigenvalue weighted by Crippen LogP contribution is 2.33. The fraction of sp³-hybridized carbons (Fsp3) is 0.286. The molecule has 1 aliphatic rings. The Morgan fingerprint density at radius 2 is 1.86 bits per heavy atom. The molecule has 3 aromatic rings. The third-order valence-electron chi connectivity index (χ3n) is 5.42. The first-order valence-corrected chi connectivity index (χ1v) is 9.64. The molecule has 2 aromatic carbocycles. The average molecular weight is 416 g/mol. The number of carbonyl (C=O) groups is 1. The van der Waals surface area contributed by atoms with Gasteiger partial charge in [-0.05, 0) is 48.7 Å². The monoisotopic (exact) mass is 415 g/mol. The molecule has 1 aliphatic heterocycles. The molecule has 1 amide bonds. The van der Waals surface area contributed by atoms with Gasteiger partial charge in [-0.2, -0.15) is 0 Å². The smallest absolute Gasteiger partial charge is 0.261 e. The molecule has 0 spiro atoms. The van der Waals surface area contributed by atoms with E-state index in [2.05, 4.69) is 4.98 Å². The van der Waals surface area contributed by atoms with Gasteiger partial charge in [-0.1, -0.05) is 23.7 Å². The topological polar surface area (TPSA) is 75.4 Å². The Hall–Kier alpha value is -2.77. The third-order valence-corrected chi connectivity index (χ3v) is 5.67. The van der Waals surface area contributed by atoms with Crippen molar-refractivity contribution in [3.8, 4) is 0 Å². The van der Waals surface area contributed by atoms with E-state index in [1.54, 1.807) is 29.2 Å². The van der Waals surface area contributed by atoms with Gasteiger partial charge in [-0.25, -0.2) is 9.37 Å². The summed E-state index contributed by atoms with van der Waals surface area (Å²) in [7, 11) is 0. The van der Waals surface area contributed by atoms with Gasteiger partial charge in [-0.15, -0.1) is 0 Å². The molecule has 0 saturated carbocycles. The van der Waals surface area contributed by atoms with E-state index >= 15 is 0 Å². The van der Waals surface area contributed by atoms with Gasteiger partial charge in [0.1, 0.15) is 12.4 Å². The number of hydrogen-bond donors (Lipinski definition) is 1. The largest absolute Gasteiger partial charge is 0.385 e. The Balaban J connectivity index is 1.46. The normalized spacial score (nSPS) is 16.2. The maximum absolute atomic E-state index is 13.5. The number of benzene rings is 2. The molecule has 1 fully saturated rings. The van der Waals surface area contributed by atoms with Crippen LogP contribution in [-0.2, 0) is 16.9 Å². The minimum atomic E-state index is -1.01. The molecule has 150 valence electrons. The lowest BCUT2D eigenvalue weighted by atomic mass is 9.84. The van der Waals surface area contributed by atoms with Crippen molar-refractivity contribution in [2.45, 2.75) is 25.0 Å². The number of rotatable bonds is 3. The van der Waals surface area contributed by atoms with Crippen LogP contribution in [0.15, 0.2) is 53.6 Å². The lowest BCUT2D eigenvalue weighted by Gasteiger charge is -2.38. The van der Waals surface area contributed by atoms with Crippen molar-refractivity contribution in [3.05, 3.63) is 75.5 Å². The van der Waals surface area contributed by atoms with Gasteiger partial charge >= 0.3 is 0 Å². The Bertz CT molecular complexity index is 1120. The summed E-state index contributed by atoms with van der Waals surface area (Å²) in [4.78, 5) is 31.0. The fourth-order valence-electron chi connectivity index (χ4n) is 3.66. The molecule has 1 N–H and O–H groups in total. The number of fused-ring (bicyclic) bond motifs is 1. The number of likely N-dealkylation sites (tertiary alicyclic amines) is 1. The summed E-state index contributed by atoms with van der Waals surface area (Å²) in [5, 5.41) is 11.7. The number of carbonyl (C=O) groups excluding carboxylic acids is 1. The van der Waals surface area contributed by atoms with Crippen LogP contribution in [0.4, 0.5) is 4.39 Å². The molecule has 8 heteroatoms. The van der Waals surface area contributed by atoms with E-state index in [0.717, 1.165) is 11.6 Å². The molecule has 0 aliphatic carbocycles. The highest BCUT2D eigenvalue weighted by molar-refractivity contribution is 6.30. The molecular formula is C21H19ClFN3O3. The molecule has 0 radical (unpaired) electrons. The van der Waals surface area contributed by atoms with E-state index in [9.17, 15) is 19.1 Å². The molecule has 4 rings (SSSR count). The summed E-state index contributed by atoms with van der Waals surface area (Å²) in [6.07, 6.45) is 2.07. The Kier molecular flexibility index (Phi) is 5.10. The predicted molar refractivity (Wildman–Crippen MR) is 107 cm³/mol. The maximum atomic E-state index is 13.5. The summed E-state index contributed by atoms with van der Waals surface area (Å²) >= 11 is 5.91. The van der Waals surface area contributed by atoms with Crippen LogP contribution in [0, 0.1) is 5.82 Å². The number of nitrogens with zero attached hydrogens (tertiary/aromatic N) is 3. The highest BCUT2D eigenvalue weighted by atomic mass is 35.5. The first-order chi connectivity index (χ1) is 13.9. The van der Waals surface area contributed by atoms with Crippen LogP contribution in [0.25, 0.3) is 10.9 Å². The zero-order valence-corrected chi connectivity index (χ0v) is 16.3. The summed E-state index contributed by atoms with van der Waals surface area (Å²) in [5.41, 5.74) is -0.324. The van der Waals surface area contributed by atoms with Crippen LogP contribution in [0.2, 0.25) is 5.02 Å². The number of amides is 1. The molecule has 0 atom stereocenters. The van der Waals surface area contributed by atoms with Gasteiger partial charge in [0, 0.05) is 18.1 Å². The second-order valence-electron chi connectivity index (χ2n) is 7.26. The van der Waals surface area contributed by atoms with E-state index in [1.165, 1.54) is 23.0 Å². The molecule has 1 saturated heterocycles. The van der Waals surface area contributed by atoms with E-state index in [4.69, 9.17) is 11.6 Å². The van der Waals surface area contributed by atoms with Crippen LogP contribution >= 0.6 is 11.6 Å². The highest BCUT2D eigenvalue weighted by Gasteiger charge is 2.35. The maximum Gasteiger partial charge on any atom is 0.261 e. The lowest BCUT2D eigenvalue weighted by Crippen LogP contribution is -2.46. The van der Waals surface area contributed by atoms with Crippen LogP contribution in [0.1, 0.15) is 18.4 Å². The minimum absolute atomic E-state index is 0.135. The predicted octanol–water partition coefficient (Wildman–Crippen LogP) is 2.70. The van der Waals surface area contributed by atoms with Gasteiger partial charge in [-0.3, -0.25) is 14.2 Å². The fourth-order valence-corrected chi connectivity index (χ4v) is 3.79. The van der Waals surface area contributed by atoms with Crippen LogP contribution in [-0.4, -0.2) is 38.6 Å². The molecule has 29 heavy (non-hydrogen) atoms. The summed E-state index contributed by atoms with van der Waals surface area (Å²) in [6.45, 7) is 0.544. The molecule has 6 nitrogen and oxygen atoms in total. The van der Waals surface area contributed by atoms with Crippen molar-refractivity contribution in [3.63, 3.8) is 0 Å². The van der Waals surface area contributed by atoms with E-state index in [0.29, 0.717) is 36.5 Å². The zero-order valence-electron chi connectivity index (χ0n) is 15.5. The summed E-state index contributed by atoms with van der Waals surface area (Å²) in [5.74, 6) is -0.777. The van der Waals surface area contributed by atoms with Gasteiger partial charge in [0.05, 0.1) is 22.8 Å². The standard InChI is InChI=1S/C21H19ClFN3O3/c22-15-3-1-14(2-4-15)21(29)7-9-25(10-8-21)19(27)12-26-13-24-18-6-5-16(23)11-17(18)20(26)28/h1-6,11,13,29H,7-10,12H2. The summed E-state index contributed by atoms with van der Waals surface area (Å²) < 4.78 is 14.6. The first-order valence-electron chi connectivity index (χ1n) is 9.27. The second-order valence-corrected chi connectivity index (χ2v) is 7.69. The van der Waals surface area contributed by atoms with Gasteiger partial charge in [0.25, 0.3) is 5.56 Å². The zero-order chi connectivity index (χ0) is 20.6. The van der Waals surface area contributed by atoms with E-state index in [-0.39, 0.29) is 17.8 Å². The van der Waals surface area contributed by atoms with Crippen molar-refractivity contribution < 1.29 is 14.3 Å². The number of halogens is 2. The van der Waals surface area contributed by atoms with Crippen molar-refractivity contribution in [2.24, 2.45) is 0 Å². The van der Waals surface area contributed by atoms with E-state index in [1.807, 2.05) is 0 Å². The SMILES string of the molecule is O=C(Cn1cnc2ccc(F)cc2c1=O)N1CCC(O)(c2ccc(Cl)cc2)CC1. The van der Waals surface area contributed by atoms with Gasteiger partial charge in [0.15, 0.2) is 0 Å². The number of aromatic nitrogens is 2. The average Bonchev–Trinajstić information content (AvgIpc) is 2.71. The first kappa shape index (κ1) is 19.5. The van der Waals surface area contributed by atoms with Gasteiger partial charge < -0.3 is 10.0 Å². The molecule has 0 unspecified atom stereocenters. The van der Waals surface area contributed by atoms with E-state index < -0.39 is 17.0 Å². The number of aliphatic hydroxyl groups is 1. The van der Waals surface area contributed by atoms with Crippen molar-refractivity contribution >= 4 is 28.4 Å². The summed E-state index contributed by atoms with van der Waals surface area (Å²) in [6, 6.07) is 10.8. The van der Waals surface area contributed by atoms with Crippen LogP contribution in [0.5, 0.6) is 0 Å². The van der Waals surface area contributed by atoms with Crippen molar-refractivity contribution in [1.29, 1.82) is 0 Å². The Morgan fingerprint density at radius 3 is 2.55 bits per heavy atom. The molecular weight excluding hydrogens is 397 g/mol. The van der Waals surface area contributed by atoms with Crippen LogP contribution < -0.4 is 5.56 Å². The third kappa shape index (κ3) is 3.88. The second kappa shape index (κ2) is 7.57. The lowest BCUT2D eigenvalue weighted by molar-refractivity contribution is -0.136.